The maximum absolute atomic E-state index is 12.8. The molecule has 1 amide bonds. The summed E-state index contributed by atoms with van der Waals surface area (Å²) in [7, 11) is 1.85. The van der Waals surface area contributed by atoms with Gasteiger partial charge in [-0.25, -0.2) is 9.97 Å². The molecule has 2 aromatic heterocycles. The Morgan fingerprint density at radius 2 is 2.23 bits per heavy atom. The van der Waals surface area contributed by atoms with Crippen LogP contribution in [0.5, 0.6) is 0 Å². The fourth-order valence-electron chi connectivity index (χ4n) is 2.93. The molecule has 1 atom stereocenters. The van der Waals surface area contributed by atoms with E-state index in [0.29, 0.717) is 0 Å². The Hall–Kier alpha value is -1.95. The Bertz CT molecular complexity index is 697. The molecule has 1 fully saturated rings. The highest BCUT2D eigenvalue weighted by atomic mass is 32.1. The number of carbonyl (C=O) groups is 1. The van der Waals surface area contributed by atoms with Gasteiger partial charge in [-0.15, -0.1) is 11.3 Å². The van der Waals surface area contributed by atoms with Crippen LogP contribution in [-0.4, -0.2) is 34.4 Å². The number of nitrogens with zero attached hydrogens (tertiary/aromatic N) is 3. The van der Waals surface area contributed by atoms with Crippen LogP contribution in [-0.2, 0) is 0 Å². The Morgan fingerprint density at radius 3 is 2.91 bits per heavy atom. The van der Waals surface area contributed by atoms with Crippen LogP contribution in [0.25, 0.3) is 0 Å². The average Bonchev–Trinajstić information content (AvgIpc) is 3.14. The molecule has 0 aromatic carbocycles. The highest BCUT2D eigenvalue weighted by Gasteiger charge is 2.33. The Balaban J connectivity index is 1.92. The summed E-state index contributed by atoms with van der Waals surface area (Å²) in [6.07, 6.45) is 1.97. The summed E-state index contributed by atoms with van der Waals surface area (Å²) in [5, 5.41) is 5.03. The van der Waals surface area contributed by atoms with Crippen molar-refractivity contribution < 1.29 is 4.79 Å². The van der Waals surface area contributed by atoms with Gasteiger partial charge in [0.25, 0.3) is 5.91 Å². The molecule has 1 N–H and O–H groups in total. The average molecular weight is 316 g/mol. The highest BCUT2D eigenvalue weighted by Crippen LogP contribution is 2.34. The zero-order valence-electron chi connectivity index (χ0n) is 13.1. The molecule has 0 unspecified atom stereocenters. The van der Waals surface area contributed by atoms with Gasteiger partial charge in [-0.2, -0.15) is 0 Å². The van der Waals surface area contributed by atoms with Crippen molar-refractivity contribution in [3.05, 3.63) is 39.5 Å². The zero-order chi connectivity index (χ0) is 15.7. The second-order valence-corrected chi connectivity index (χ2v) is 6.48. The van der Waals surface area contributed by atoms with Crippen LogP contribution < -0.4 is 5.32 Å². The fourth-order valence-corrected chi connectivity index (χ4v) is 3.81. The van der Waals surface area contributed by atoms with Gasteiger partial charge >= 0.3 is 0 Å². The van der Waals surface area contributed by atoms with Crippen LogP contribution in [0, 0.1) is 13.8 Å². The third-order valence-corrected chi connectivity index (χ3v) is 5.03. The smallest absolute Gasteiger partial charge is 0.264 e. The zero-order valence-corrected chi connectivity index (χ0v) is 13.9. The third kappa shape index (κ3) is 2.70. The summed E-state index contributed by atoms with van der Waals surface area (Å²) in [5.41, 5.74) is 1.98. The first-order valence-corrected chi connectivity index (χ1v) is 8.36. The molecule has 1 saturated heterocycles. The minimum absolute atomic E-state index is 0.0443. The van der Waals surface area contributed by atoms with Crippen LogP contribution in [0.1, 0.15) is 45.6 Å². The molecule has 116 valence electrons. The lowest BCUT2D eigenvalue weighted by molar-refractivity contribution is 0.0737. The number of amides is 1. The standard InChI is InChI=1S/C16H20N4OS/c1-10-6-8-22-15(10)16(21)20-7-4-5-13(20)12-9-14(17-3)19-11(2)18-12/h6,8-9,13H,4-5,7H2,1-3H3,(H,17,18,19)/t13-/m1/s1. The van der Waals surface area contributed by atoms with E-state index in [-0.39, 0.29) is 11.9 Å². The van der Waals surface area contributed by atoms with Crippen molar-refractivity contribution in [1.82, 2.24) is 14.9 Å². The molecule has 0 aliphatic carbocycles. The Kier molecular flexibility index (Phi) is 4.11. The van der Waals surface area contributed by atoms with Crippen molar-refractivity contribution >= 4 is 23.1 Å². The predicted octanol–water partition coefficient (Wildman–Crippen LogP) is 3.17. The summed E-state index contributed by atoms with van der Waals surface area (Å²) < 4.78 is 0. The number of hydrogen-bond donors (Lipinski definition) is 1. The molecule has 2 aromatic rings. The van der Waals surface area contributed by atoms with Gasteiger partial charge in [0.15, 0.2) is 0 Å². The summed E-state index contributed by atoms with van der Waals surface area (Å²) >= 11 is 1.52. The molecular formula is C16H20N4OS. The number of thiophene rings is 1. The van der Waals surface area contributed by atoms with E-state index in [4.69, 9.17) is 0 Å². The van der Waals surface area contributed by atoms with Gasteiger partial charge in [-0.05, 0) is 43.7 Å². The van der Waals surface area contributed by atoms with Gasteiger partial charge in [-0.1, -0.05) is 0 Å². The molecule has 0 bridgehead atoms. The van der Waals surface area contributed by atoms with Gasteiger partial charge in [0.1, 0.15) is 11.6 Å². The molecule has 1 aliphatic heterocycles. The molecule has 0 radical (unpaired) electrons. The topological polar surface area (TPSA) is 58.1 Å². The van der Waals surface area contributed by atoms with Gasteiger partial charge < -0.3 is 10.2 Å². The van der Waals surface area contributed by atoms with Crippen molar-refractivity contribution in [1.29, 1.82) is 0 Å². The lowest BCUT2D eigenvalue weighted by atomic mass is 10.1. The maximum Gasteiger partial charge on any atom is 0.264 e. The first-order valence-electron chi connectivity index (χ1n) is 7.48. The first-order chi connectivity index (χ1) is 10.6. The van der Waals surface area contributed by atoms with E-state index in [2.05, 4.69) is 15.3 Å². The Morgan fingerprint density at radius 1 is 1.41 bits per heavy atom. The molecule has 3 heterocycles. The summed E-state index contributed by atoms with van der Waals surface area (Å²) in [6.45, 7) is 4.66. The monoisotopic (exact) mass is 316 g/mol. The van der Waals surface area contributed by atoms with E-state index < -0.39 is 0 Å². The van der Waals surface area contributed by atoms with E-state index >= 15 is 0 Å². The van der Waals surface area contributed by atoms with Gasteiger partial charge in [0.2, 0.25) is 0 Å². The second-order valence-electron chi connectivity index (χ2n) is 5.56. The number of rotatable bonds is 3. The lowest BCUT2D eigenvalue weighted by Crippen LogP contribution is -2.31. The van der Waals surface area contributed by atoms with E-state index in [0.717, 1.165) is 47.2 Å². The van der Waals surface area contributed by atoms with Crippen molar-refractivity contribution in [2.45, 2.75) is 32.7 Å². The third-order valence-electron chi connectivity index (χ3n) is 4.03. The number of nitrogens with one attached hydrogen (secondary N) is 1. The number of likely N-dealkylation sites (tertiary alicyclic amines) is 1. The predicted molar refractivity (Wildman–Crippen MR) is 88.4 cm³/mol. The highest BCUT2D eigenvalue weighted by molar-refractivity contribution is 7.12. The maximum atomic E-state index is 12.8. The molecule has 5 nitrogen and oxygen atoms in total. The van der Waals surface area contributed by atoms with Crippen molar-refractivity contribution in [3.8, 4) is 0 Å². The number of carbonyl (C=O) groups excluding carboxylic acids is 1. The molecule has 3 rings (SSSR count). The minimum Gasteiger partial charge on any atom is -0.373 e. The molecule has 6 heteroatoms. The van der Waals surface area contributed by atoms with Crippen LogP contribution in [0.3, 0.4) is 0 Å². The van der Waals surface area contributed by atoms with E-state index in [9.17, 15) is 4.79 Å². The van der Waals surface area contributed by atoms with Crippen molar-refractivity contribution in [3.63, 3.8) is 0 Å². The summed E-state index contributed by atoms with van der Waals surface area (Å²) in [4.78, 5) is 24.5. The molecule has 22 heavy (non-hydrogen) atoms. The van der Waals surface area contributed by atoms with Gasteiger partial charge in [0.05, 0.1) is 16.6 Å². The summed E-state index contributed by atoms with van der Waals surface area (Å²) in [6, 6.07) is 3.99. The normalized spacial score (nSPS) is 17.8. The van der Waals surface area contributed by atoms with E-state index in [1.54, 1.807) is 0 Å². The van der Waals surface area contributed by atoms with Gasteiger partial charge in [0, 0.05) is 19.7 Å². The molecular weight excluding hydrogens is 296 g/mol. The number of aryl methyl sites for hydroxylation is 2. The first kappa shape index (κ1) is 15.0. The SMILES string of the molecule is CNc1cc([C@H]2CCCN2C(=O)c2sccc2C)nc(C)n1. The number of hydrogen-bond acceptors (Lipinski definition) is 5. The van der Waals surface area contributed by atoms with Crippen molar-refractivity contribution in [2.75, 3.05) is 18.9 Å². The van der Waals surface area contributed by atoms with E-state index in [1.165, 1.54) is 11.3 Å². The number of anilines is 1. The second kappa shape index (κ2) is 6.04. The van der Waals surface area contributed by atoms with Crippen molar-refractivity contribution in [2.24, 2.45) is 0 Å². The molecule has 0 spiro atoms. The van der Waals surface area contributed by atoms with Gasteiger partial charge in [-0.3, -0.25) is 4.79 Å². The largest absolute Gasteiger partial charge is 0.373 e. The fraction of sp³-hybridized carbons (Fsp3) is 0.438. The Labute approximate surface area is 134 Å². The summed E-state index contributed by atoms with van der Waals surface area (Å²) in [5.74, 6) is 1.65. The molecule has 1 aliphatic rings. The van der Waals surface area contributed by atoms with E-state index in [1.807, 2.05) is 43.3 Å². The van der Waals surface area contributed by atoms with Crippen LogP contribution in [0.4, 0.5) is 5.82 Å². The number of aromatic nitrogens is 2. The molecule has 0 saturated carbocycles. The van der Waals surface area contributed by atoms with Crippen LogP contribution >= 0.6 is 11.3 Å². The minimum atomic E-state index is 0.0443. The quantitative estimate of drug-likeness (QED) is 0.945. The van der Waals surface area contributed by atoms with Crippen LogP contribution in [0.2, 0.25) is 0 Å². The lowest BCUT2D eigenvalue weighted by Gasteiger charge is -2.24. The van der Waals surface area contributed by atoms with Crippen LogP contribution in [0.15, 0.2) is 17.5 Å².